The molecule has 3 rings (SSSR count). The Balaban J connectivity index is 1.95. The molecule has 0 bridgehead atoms. The molecule has 0 spiro atoms. The van der Waals surface area contributed by atoms with Gasteiger partial charge in [-0.25, -0.2) is 19.6 Å². The van der Waals surface area contributed by atoms with Crippen molar-refractivity contribution >= 4 is 23.1 Å². The molecule has 1 aromatic heterocycles. The van der Waals surface area contributed by atoms with Gasteiger partial charge in [0.05, 0.1) is 24.2 Å². The minimum absolute atomic E-state index is 0.152. The molecule has 2 aromatic rings. The van der Waals surface area contributed by atoms with E-state index in [1.54, 1.807) is 39.0 Å². The Bertz CT molecular complexity index is 1070. The number of aliphatic hydroxyl groups is 1. The molecular weight excluding hydrogens is 440 g/mol. The number of carboxylic acids is 1. The van der Waals surface area contributed by atoms with E-state index in [0.29, 0.717) is 11.6 Å². The molecule has 178 valence electrons. The maximum Gasteiger partial charge on any atom is 0.411 e. The number of carbonyl (C=O) groups excluding carboxylic acids is 1. The minimum Gasteiger partial charge on any atom is -0.480 e. The summed E-state index contributed by atoms with van der Waals surface area (Å²) in [5, 5.41) is 18.4. The zero-order chi connectivity index (χ0) is 24.4. The molecule has 2 atom stereocenters. The van der Waals surface area contributed by atoms with Gasteiger partial charge in [0.25, 0.3) is 0 Å². The number of aliphatic carboxylic acids is 1. The number of carboxylic acid groups (broad SMARTS) is 1. The molecule has 1 aromatic carbocycles. The normalized spacial score (nSPS) is 19.3. The van der Waals surface area contributed by atoms with Gasteiger partial charge in [-0.15, -0.1) is 0 Å². The van der Waals surface area contributed by atoms with E-state index in [9.17, 15) is 23.5 Å². The van der Waals surface area contributed by atoms with E-state index in [1.807, 2.05) is 0 Å². The first-order valence-electron chi connectivity index (χ1n) is 10.2. The van der Waals surface area contributed by atoms with Crippen LogP contribution >= 0.6 is 0 Å². The predicted molar refractivity (Wildman–Crippen MR) is 113 cm³/mol. The van der Waals surface area contributed by atoms with E-state index < -0.39 is 53.9 Å². The molecule has 0 saturated carbocycles. The van der Waals surface area contributed by atoms with E-state index in [4.69, 9.17) is 14.6 Å². The minimum atomic E-state index is -3.62. The third-order valence-corrected chi connectivity index (χ3v) is 4.74. The standard InChI is InChI=1S/C22H25F2N3O6/c1-21(2,3)33-20(31)27-12-13(11-16(27)19(29)30)32-18-17(22(23,24)9-6-10-28)25-14-7-4-5-8-15(14)26-18/h4-9,13,16,28H,10-12H2,1-3H3,(H,29,30)/b9-6+/t13-,16+/m1/s1. The largest absolute Gasteiger partial charge is 0.480 e. The number of likely N-dealkylation sites (tertiary alicyclic amines) is 1. The second-order valence-electron chi connectivity index (χ2n) is 8.54. The maximum absolute atomic E-state index is 14.8. The first kappa shape index (κ1) is 24.3. The van der Waals surface area contributed by atoms with Crippen molar-refractivity contribution in [2.45, 2.75) is 50.9 Å². The third kappa shape index (κ3) is 5.72. The van der Waals surface area contributed by atoms with Crippen LogP contribution in [-0.4, -0.2) is 68.0 Å². The number of allylic oxidation sites excluding steroid dienone is 1. The van der Waals surface area contributed by atoms with Crippen LogP contribution < -0.4 is 4.74 Å². The molecule has 2 heterocycles. The summed E-state index contributed by atoms with van der Waals surface area (Å²) in [5.41, 5.74) is -1.12. The van der Waals surface area contributed by atoms with Crippen molar-refractivity contribution in [2.75, 3.05) is 13.2 Å². The number of rotatable bonds is 6. The summed E-state index contributed by atoms with van der Waals surface area (Å²) in [6.07, 6.45) is -0.575. The van der Waals surface area contributed by atoms with Crippen LogP contribution in [0.1, 0.15) is 32.9 Å². The Morgan fingerprint density at radius 1 is 1.21 bits per heavy atom. The van der Waals surface area contributed by atoms with Gasteiger partial charge in [0.2, 0.25) is 5.88 Å². The lowest BCUT2D eigenvalue weighted by Crippen LogP contribution is -2.43. The van der Waals surface area contributed by atoms with Gasteiger partial charge < -0.3 is 19.7 Å². The fraction of sp³-hybridized carbons (Fsp3) is 0.455. The van der Waals surface area contributed by atoms with Gasteiger partial charge in [-0.1, -0.05) is 18.2 Å². The highest BCUT2D eigenvalue weighted by molar-refractivity contribution is 5.81. The highest BCUT2D eigenvalue weighted by Gasteiger charge is 2.44. The number of carbonyl (C=O) groups is 2. The Morgan fingerprint density at radius 2 is 1.85 bits per heavy atom. The molecule has 0 radical (unpaired) electrons. The lowest BCUT2D eigenvalue weighted by molar-refractivity contribution is -0.142. The van der Waals surface area contributed by atoms with Gasteiger partial charge >= 0.3 is 18.0 Å². The monoisotopic (exact) mass is 465 g/mol. The SMILES string of the molecule is CC(C)(C)OC(=O)N1C[C@H](Oc2nc3ccccc3nc2C(F)(F)/C=C/CO)C[C@H]1C(=O)O. The summed E-state index contributed by atoms with van der Waals surface area (Å²) in [5.74, 6) is -5.38. The van der Waals surface area contributed by atoms with Gasteiger partial charge in [-0.3, -0.25) is 4.90 Å². The van der Waals surface area contributed by atoms with Gasteiger partial charge in [0.1, 0.15) is 17.7 Å². The number of fused-ring (bicyclic) bond motifs is 1. The van der Waals surface area contributed by atoms with Crippen LogP contribution in [0.2, 0.25) is 0 Å². The highest BCUT2D eigenvalue weighted by Crippen LogP contribution is 2.36. The first-order valence-corrected chi connectivity index (χ1v) is 10.2. The van der Waals surface area contributed by atoms with Crippen LogP contribution in [0.25, 0.3) is 11.0 Å². The summed E-state index contributed by atoms with van der Waals surface area (Å²) < 4.78 is 40.7. The van der Waals surface area contributed by atoms with Gasteiger partial charge in [0, 0.05) is 6.42 Å². The predicted octanol–water partition coefficient (Wildman–Crippen LogP) is 3.11. The lowest BCUT2D eigenvalue weighted by atomic mass is 10.2. The van der Waals surface area contributed by atoms with Gasteiger partial charge in [0.15, 0.2) is 5.69 Å². The quantitative estimate of drug-likeness (QED) is 0.624. The van der Waals surface area contributed by atoms with E-state index in [0.717, 1.165) is 11.0 Å². The smallest absolute Gasteiger partial charge is 0.411 e. The lowest BCUT2D eigenvalue weighted by Gasteiger charge is -2.26. The van der Waals surface area contributed by atoms with Crippen LogP contribution in [0.4, 0.5) is 13.6 Å². The van der Waals surface area contributed by atoms with Crippen molar-refractivity contribution in [3.63, 3.8) is 0 Å². The number of aliphatic hydroxyl groups excluding tert-OH is 1. The Labute approximate surface area is 188 Å². The van der Waals surface area contributed by atoms with Crippen molar-refractivity contribution in [1.82, 2.24) is 14.9 Å². The topological polar surface area (TPSA) is 122 Å². The van der Waals surface area contributed by atoms with Crippen LogP contribution in [-0.2, 0) is 15.5 Å². The van der Waals surface area contributed by atoms with E-state index in [-0.39, 0.29) is 18.5 Å². The molecule has 1 saturated heterocycles. The summed E-state index contributed by atoms with van der Waals surface area (Å²) in [7, 11) is 0. The number of hydrogen-bond donors (Lipinski definition) is 2. The average Bonchev–Trinajstić information content (AvgIpc) is 3.15. The van der Waals surface area contributed by atoms with Crippen molar-refractivity contribution in [1.29, 1.82) is 0 Å². The summed E-state index contributed by atoms with van der Waals surface area (Å²) in [6.45, 7) is 4.13. The van der Waals surface area contributed by atoms with E-state index >= 15 is 0 Å². The molecular formula is C22H25F2N3O6. The van der Waals surface area contributed by atoms with Crippen LogP contribution in [0, 0.1) is 0 Å². The average molecular weight is 465 g/mol. The Kier molecular flexibility index (Phi) is 6.82. The van der Waals surface area contributed by atoms with E-state index in [2.05, 4.69) is 9.97 Å². The molecule has 0 unspecified atom stereocenters. The summed E-state index contributed by atoms with van der Waals surface area (Å²) in [4.78, 5) is 33.4. The fourth-order valence-corrected chi connectivity index (χ4v) is 3.36. The molecule has 1 amide bonds. The molecule has 1 aliphatic rings. The van der Waals surface area contributed by atoms with Crippen LogP contribution in [0.5, 0.6) is 5.88 Å². The maximum atomic E-state index is 14.8. The fourth-order valence-electron chi connectivity index (χ4n) is 3.36. The first-order chi connectivity index (χ1) is 15.4. The number of ether oxygens (including phenoxy) is 2. The number of nitrogens with zero attached hydrogens (tertiary/aromatic N) is 3. The molecule has 11 heteroatoms. The molecule has 1 aliphatic heterocycles. The van der Waals surface area contributed by atoms with Crippen molar-refractivity contribution in [2.24, 2.45) is 0 Å². The van der Waals surface area contributed by atoms with E-state index in [1.165, 1.54) is 6.07 Å². The second-order valence-corrected chi connectivity index (χ2v) is 8.54. The third-order valence-electron chi connectivity index (χ3n) is 4.74. The zero-order valence-electron chi connectivity index (χ0n) is 18.4. The number of amides is 1. The van der Waals surface area contributed by atoms with Crippen LogP contribution in [0.15, 0.2) is 36.4 Å². The van der Waals surface area contributed by atoms with Crippen molar-refractivity contribution < 1.29 is 38.1 Å². The highest BCUT2D eigenvalue weighted by atomic mass is 19.3. The van der Waals surface area contributed by atoms with Gasteiger partial charge in [-0.2, -0.15) is 8.78 Å². The number of hydrogen-bond acceptors (Lipinski definition) is 7. The molecule has 9 nitrogen and oxygen atoms in total. The molecule has 0 aliphatic carbocycles. The Morgan fingerprint density at radius 3 is 2.42 bits per heavy atom. The van der Waals surface area contributed by atoms with Crippen LogP contribution in [0.3, 0.4) is 0 Å². The molecule has 33 heavy (non-hydrogen) atoms. The van der Waals surface area contributed by atoms with Crippen molar-refractivity contribution in [3.05, 3.63) is 42.1 Å². The van der Waals surface area contributed by atoms with Crippen molar-refractivity contribution in [3.8, 4) is 5.88 Å². The second kappa shape index (κ2) is 9.26. The number of alkyl halides is 2. The Hall–Kier alpha value is -3.34. The number of benzene rings is 1. The number of para-hydroxylation sites is 2. The summed E-state index contributed by atoms with van der Waals surface area (Å²) in [6, 6.07) is 5.11. The zero-order valence-corrected chi connectivity index (χ0v) is 18.4. The van der Waals surface area contributed by atoms with Gasteiger partial charge in [-0.05, 0) is 39.0 Å². The number of halogens is 2. The molecule has 1 fully saturated rings. The summed E-state index contributed by atoms with van der Waals surface area (Å²) >= 11 is 0. The number of aromatic nitrogens is 2. The molecule has 2 N–H and O–H groups in total.